The lowest BCUT2D eigenvalue weighted by Crippen LogP contribution is -2.26. The van der Waals surface area contributed by atoms with Crippen molar-refractivity contribution in [3.63, 3.8) is 0 Å². The number of thioether (sulfide) groups is 1. The van der Waals surface area contributed by atoms with Gasteiger partial charge < -0.3 is 15.0 Å². The van der Waals surface area contributed by atoms with Gasteiger partial charge in [-0.25, -0.2) is 4.79 Å². The van der Waals surface area contributed by atoms with Gasteiger partial charge in [-0.1, -0.05) is 13.3 Å². The van der Waals surface area contributed by atoms with E-state index in [1.807, 2.05) is 43.1 Å². The molecule has 0 spiro atoms. The molecule has 0 aliphatic heterocycles. The van der Waals surface area contributed by atoms with Crippen molar-refractivity contribution in [1.29, 1.82) is 0 Å². The van der Waals surface area contributed by atoms with Crippen LogP contribution in [-0.2, 0) is 4.74 Å². The predicted octanol–water partition coefficient (Wildman–Crippen LogP) is 3.77. The summed E-state index contributed by atoms with van der Waals surface area (Å²) in [4.78, 5) is 14.1. The molecule has 0 saturated carbocycles. The van der Waals surface area contributed by atoms with E-state index in [2.05, 4.69) is 23.4 Å². The predicted molar refractivity (Wildman–Crippen MR) is 103 cm³/mol. The van der Waals surface area contributed by atoms with Crippen LogP contribution in [0.4, 0.5) is 5.69 Å². The van der Waals surface area contributed by atoms with Crippen molar-refractivity contribution >= 4 is 35.8 Å². The van der Waals surface area contributed by atoms with Crippen LogP contribution < -0.4 is 5.32 Å². The number of hydrogen-bond donors (Lipinski definition) is 1. The molecule has 6 heteroatoms. The summed E-state index contributed by atoms with van der Waals surface area (Å²) in [7, 11) is 2.04. The van der Waals surface area contributed by atoms with Crippen LogP contribution in [-0.4, -0.2) is 56.2 Å². The summed E-state index contributed by atoms with van der Waals surface area (Å²) >= 11 is 1.82. The largest absolute Gasteiger partial charge is 0.461 e. The number of esters is 1. The lowest BCUT2D eigenvalue weighted by atomic mass is 10.2. The molecule has 0 unspecified atom stereocenters. The topological polar surface area (TPSA) is 41.6 Å². The molecule has 0 atom stereocenters. The van der Waals surface area contributed by atoms with E-state index in [0.717, 1.165) is 37.5 Å². The summed E-state index contributed by atoms with van der Waals surface area (Å²) in [5.41, 5.74) is 1.65. The molecule has 1 rings (SSSR count). The Kier molecular flexibility index (Phi) is 13.0. The summed E-state index contributed by atoms with van der Waals surface area (Å²) in [6.45, 7) is 5.34. The average molecular weight is 361 g/mol. The number of unbranched alkanes of at least 4 members (excludes halogenated alkanes) is 1. The fraction of sp³-hybridized carbons (Fsp3) is 0.588. The van der Waals surface area contributed by atoms with E-state index in [1.165, 1.54) is 6.42 Å². The number of nitrogens with zero attached hydrogens (tertiary/aromatic N) is 1. The Balaban J connectivity index is 0.00000484. The molecule has 1 N–H and O–H groups in total. The number of rotatable bonds is 11. The minimum Gasteiger partial charge on any atom is -0.461 e. The summed E-state index contributed by atoms with van der Waals surface area (Å²) in [6.07, 6.45) is 4.41. The molecule has 0 amide bonds. The third-order valence-corrected chi connectivity index (χ3v) is 3.95. The van der Waals surface area contributed by atoms with Crippen LogP contribution in [0.25, 0.3) is 0 Å². The maximum atomic E-state index is 11.9. The van der Waals surface area contributed by atoms with Crippen molar-refractivity contribution in [2.24, 2.45) is 0 Å². The SMILES string of the molecule is CCCCNc1ccc(C(=O)OCCN(C)CCSC)cc1.Cl. The second kappa shape index (κ2) is 13.5. The van der Waals surface area contributed by atoms with Crippen LogP contribution in [0, 0.1) is 0 Å². The first-order chi connectivity index (χ1) is 10.7. The summed E-state index contributed by atoms with van der Waals surface area (Å²) < 4.78 is 5.31. The maximum Gasteiger partial charge on any atom is 0.338 e. The van der Waals surface area contributed by atoms with Crippen LogP contribution in [0.5, 0.6) is 0 Å². The molecule has 1 aromatic carbocycles. The molecule has 23 heavy (non-hydrogen) atoms. The molecule has 0 aliphatic carbocycles. The van der Waals surface area contributed by atoms with Gasteiger partial charge in [0.15, 0.2) is 0 Å². The minimum absolute atomic E-state index is 0. The third-order valence-electron chi connectivity index (χ3n) is 3.36. The van der Waals surface area contributed by atoms with Gasteiger partial charge >= 0.3 is 5.97 Å². The van der Waals surface area contributed by atoms with Crippen molar-refractivity contribution in [2.45, 2.75) is 19.8 Å². The molecule has 132 valence electrons. The second-order valence-electron chi connectivity index (χ2n) is 5.29. The van der Waals surface area contributed by atoms with Gasteiger partial charge in [0.25, 0.3) is 0 Å². The number of carbonyl (C=O) groups excluding carboxylic acids is 1. The van der Waals surface area contributed by atoms with Gasteiger partial charge in [-0.3, -0.25) is 0 Å². The zero-order chi connectivity index (χ0) is 16.2. The van der Waals surface area contributed by atoms with Crippen molar-refractivity contribution in [3.8, 4) is 0 Å². The Bertz CT molecular complexity index is 429. The fourth-order valence-electron chi connectivity index (χ4n) is 1.87. The van der Waals surface area contributed by atoms with Crippen LogP contribution >= 0.6 is 24.2 Å². The molecule has 0 aliphatic rings. The van der Waals surface area contributed by atoms with Crippen molar-refractivity contribution in [2.75, 3.05) is 50.6 Å². The Morgan fingerprint density at radius 2 is 1.96 bits per heavy atom. The molecule has 1 aromatic rings. The third kappa shape index (κ3) is 9.74. The average Bonchev–Trinajstić information content (AvgIpc) is 2.53. The summed E-state index contributed by atoms with van der Waals surface area (Å²) in [6, 6.07) is 7.48. The van der Waals surface area contributed by atoms with Gasteiger partial charge in [0, 0.05) is 31.1 Å². The van der Waals surface area contributed by atoms with Crippen LogP contribution in [0.3, 0.4) is 0 Å². The highest BCUT2D eigenvalue weighted by molar-refractivity contribution is 7.98. The zero-order valence-corrected chi connectivity index (χ0v) is 16.0. The molecule has 0 saturated heterocycles. The Morgan fingerprint density at radius 3 is 2.57 bits per heavy atom. The Labute approximate surface area is 150 Å². The number of benzene rings is 1. The first kappa shape index (κ1) is 22.1. The summed E-state index contributed by atoms with van der Waals surface area (Å²) in [5, 5.41) is 3.33. The molecule has 0 heterocycles. The van der Waals surface area contributed by atoms with Gasteiger partial charge in [0.2, 0.25) is 0 Å². The molecular weight excluding hydrogens is 332 g/mol. The normalized spacial score (nSPS) is 10.3. The number of carbonyl (C=O) groups is 1. The van der Waals surface area contributed by atoms with Crippen LogP contribution in [0.2, 0.25) is 0 Å². The molecule has 0 bridgehead atoms. The highest BCUT2D eigenvalue weighted by Crippen LogP contribution is 2.10. The molecule has 4 nitrogen and oxygen atoms in total. The van der Waals surface area contributed by atoms with Crippen molar-refractivity contribution in [1.82, 2.24) is 4.90 Å². The standard InChI is InChI=1S/C17H28N2O2S.ClH/c1-4-5-10-18-16-8-6-15(7-9-16)17(20)21-13-11-19(2)12-14-22-3;/h6-9,18H,4-5,10-14H2,1-3H3;1H. The van der Waals surface area contributed by atoms with Crippen molar-refractivity contribution < 1.29 is 9.53 Å². The highest BCUT2D eigenvalue weighted by atomic mass is 35.5. The number of ether oxygens (including phenoxy) is 1. The van der Waals surface area contributed by atoms with Gasteiger partial charge in [0.05, 0.1) is 5.56 Å². The van der Waals surface area contributed by atoms with Crippen LogP contribution in [0.1, 0.15) is 30.1 Å². The number of hydrogen-bond acceptors (Lipinski definition) is 5. The lowest BCUT2D eigenvalue weighted by molar-refractivity contribution is 0.0475. The monoisotopic (exact) mass is 360 g/mol. The number of likely N-dealkylation sites (N-methyl/N-ethyl adjacent to an activating group) is 1. The Hall–Kier alpha value is -0.910. The lowest BCUT2D eigenvalue weighted by Gasteiger charge is -2.15. The van der Waals surface area contributed by atoms with E-state index >= 15 is 0 Å². The molecule has 0 fully saturated rings. The van der Waals surface area contributed by atoms with E-state index in [1.54, 1.807) is 0 Å². The van der Waals surface area contributed by atoms with Crippen LogP contribution in [0.15, 0.2) is 24.3 Å². The van der Waals surface area contributed by atoms with Gasteiger partial charge in [-0.15, -0.1) is 12.4 Å². The first-order valence-electron chi connectivity index (χ1n) is 7.86. The van der Waals surface area contributed by atoms with E-state index in [9.17, 15) is 4.79 Å². The molecule has 0 aromatic heterocycles. The molecule has 0 radical (unpaired) electrons. The van der Waals surface area contributed by atoms with Gasteiger partial charge in [-0.2, -0.15) is 11.8 Å². The van der Waals surface area contributed by atoms with E-state index in [-0.39, 0.29) is 18.4 Å². The second-order valence-corrected chi connectivity index (χ2v) is 6.28. The zero-order valence-electron chi connectivity index (χ0n) is 14.3. The maximum absolute atomic E-state index is 11.9. The smallest absolute Gasteiger partial charge is 0.338 e. The van der Waals surface area contributed by atoms with E-state index < -0.39 is 0 Å². The summed E-state index contributed by atoms with van der Waals surface area (Å²) in [5.74, 6) is 0.843. The quantitative estimate of drug-likeness (QED) is 0.480. The Morgan fingerprint density at radius 1 is 1.26 bits per heavy atom. The van der Waals surface area contributed by atoms with Gasteiger partial charge in [0.1, 0.15) is 6.61 Å². The number of anilines is 1. The molecular formula is C17H29ClN2O2S. The van der Waals surface area contributed by atoms with Crippen molar-refractivity contribution in [3.05, 3.63) is 29.8 Å². The van der Waals surface area contributed by atoms with Gasteiger partial charge in [-0.05, 0) is 44.0 Å². The van der Waals surface area contributed by atoms with E-state index in [0.29, 0.717) is 12.2 Å². The number of halogens is 1. The van der Waals surface area contributed by atoms with E-state index in [4.69, 9.17) is 4.74 Å². The fourth-order valence-corrected chi connectivity index (χ4v) is 2.36. The first-order valence-corrected chi connectivity index (χ1v) is 9.25. The number of nitrogens with one attached hydrogen (secondary N) is 1. The highest BCUT2D eigenvalue weighted by Gasteiger charge is 2.07. The minimum atomic E-state index is -0.252.